The van der Waals surface area contributed by atoms with Gasteiger partial charge in [-0.15, -0.1) is 0 Å². The van der Waals surface area contributed by atoms with Gasteiger partial charge < -0.3 is 0 Å². The average molecular weight is 215 g/mol. The maximum absolute atomic E-state index is 4.10. The van der Waals surface area contributed by atoms with Crippen molar-refractivity contribution in [1.29, 1.82) is 0 Å². The van der Waals surface area contributed by atoms with Gasteiger partial charge in [0.15, 0.2) is 0 Å². The molecule has 0 N–H and O–H groups in total. The van der Waals surface area contributed by atoms with Crippen LogP contribution in [0, 0.1) is 13.8 Å². The van der Waals surface area contributed by atoms with Crippen molar-refractivity contribution < 1.29 is 19.6 Å². The Morgan fingerprint density at radius 3 is 2.00 bits per heavy atom. The number of hydrogen-bond donors (Lipinski definition) is 0. The molecular formula is C8H9MoN. The van der Waals surface area contributed by atoms with Gasteiger partial charge in [-0.1, -0.05) is 0 Å². The van der Waals surface area contributed by atoms with E-state index in [-0.39, 0.29) is 0 Å². The molecule has 0 atom stereocenters. The number of aryl methyl sites for hydroxylation is 2. The van der Waals surface area contributed by atoms with Crippen LogP contribution in [0.3, 0.4) is 0 Å². The summed E-state index contributed by atoms with van der Waals surface area (Å²) in [5.74, 6) is 0. The monoisotopic (exact) mass is 217 g/mol. The van der Waals surface area contributed by atoms with E-state index in [1.807, 2.05) is 0 Å². The zero-order chi connectivity index (χ0) is 7.56. The van der Waals surface area contributed by atoms with Crippen molar-refractivity contribution in [2.24, 2.45) is 3.50 Å². The Hall–Kier alpha value is -0.292. The molecule has 52 valence electrons. The average Bonchev–Trinajstić information content (AvgIpc) is 1.85. The van der Waals surface area contributed by atoms with E-state index in [1.54, 1.807) is 19.6 Å². The Labute approximate surface area is 72.2 Å². The minimum atomic E-state index is 1.07. The molecule has 0 amide bonds. The summed E-state index contributed by atoms with van der Waals surface area (Å²) in [5.41, 5.74) is 3.63. The van der Waals surface area contributed by atoms with Gasteiger partial charge >= 0.3 is 72.0 Å². The van der Waals surface area contributed by atoms with Gasteiger partial charge in [0.1, 0.15) is 0 Å². The summed E-state index contributed by atoms with van der Waals surface area (Å²) >= 11 is 1.75. The van der Waals surface area contributed by atoms with E-state index < -0.39 is 0 Å². The van der Waals surface area contributed by atoms with E-state index in [4.69, 9.17) is 0 Å². The van der Waals surface area contributed by atoms with Crippen molar-refractivity contribution in [2.45, 2.75) is 13.8 Å². The van der Waals surface area contributed by atoms with Gasteiger partial charge in [-0.05, 0) is 0 Å². The molecule has 2 heteroatoms. The van der Waals surface area contributed by atoms with Crippen molar-refractivity contribution in [3.63, 3.8) is 0 Å². The third kappa shape index (κ3) is 1.85. The third-order valence-electron chi connectivity index (χ3n) is 1.31. The van der Waals surface area contributed by atoms with Gasteiger partial charge in [-0.2, -0.15) is 0 Å². The van der Waals surface area contributed by atoms with Crippen LogP contribution in [0.15, 0.2) is 21.7 Å². The van der Waals surface area contributed by atoms with E-state index >= 15 is 0 Å². The molecule has 0 aliphatic carbocycles. The summed E-state index contributed by atoms with van der Waals surface area (Å²) in [7, 11) is 0. The molecule has 0 saturated carbocycles. The van der Waals surface area contributed by atoms with Crippen LogP contribution in [0.25, 0.3) is 0 Å². The standard InChI is InChI=1S/C8H9N.Mo/c1-6-3-7(2)5-8(9)4-6;/h3-5H,1-2H3;. The molecule has 0 aliphatic heterocycles. The van der Waals surface area contributed by atoms with Crippen LogP contribution >= 0.6 is 0 Å². The quantitative estimate of drug-likeness (QED) is 0.638. The molecule has 1 nitrogen and oxygen atoms in total. The van der Waals surface area contributed by atoms with Crippen molar-refractivity contribution in [3.05, 3.63) is 29.3 Å². The van der Waals surface area contributed by atoms with Crippen LogP contribution in [-0.2, 0) is 19.6 Å². The fraction of sp³-hybridized carbons (Fsp3) is 0.250. The van der Waals surface area contributed by atoms with Crippen molar-refractivity contribution in [3.8, 4) is 0 Å². The van der Waals surface area contributed by atoms with Crippen LogP contribution in [0.5, 0.6) is 0 Å². The molecule has 0 bridgehead atoms. The third-order valence-corrected chi connectivity index (χ3v) is 1.83. The van der Waals surface area contributed by atoms with Gasteiger partial charge in [-0.25, -0.2) is 0 Å². The molecule has 1 rings (SSSR count). The molecule has 0 aliphatic rings. The molecule has 1 aromatic rings. The second-order valence-corrected chi connectivity index (χ2v) is 2.89. The Morgan fingerprint density at radius 1 is 1.10 bits per heavy atom. The summed E-state index contributed by atoms with van der Waals surface area (Å²) in [6.07, 6.45) is 0. The first kappa shape index (κ1) is 7.81. The molecule has 1 aromatic carbocycles. The maximum atomic E-state index is 4.10. The van der Waals surface area contributed by atoms with Crippen molar-refractivity contribution >= 4 is 5.69 Å². The van der Waals surface area contributed by atoms with E-state index in [0.717, 1.165) is 5.69 Å². The van der Waals surface area contributed by atoms with Crippen molar-refractivity contribution in [1.82, 2.24) is 0 Å². The van der Waals surface area contributed by atoms with E-state index in [9.17, 15) is 0 Å². The van der Waals surface area contributed by atoms with Gasteiger partial charge in [0.25, 0.3) is 0 Å². The molecular weight excluding hydrogens is 206 g/mol. The summed E-state index contributed by atoms with van der Waals surface area (Å²) in [5, 5.41) is 0. The first-order chi connectivity index (χ1) is 4.72. The van der Waals surface area contributed by atoms with E-state index in [2.05, 4.69) is 35.5 Å². The molecule has 0 spiro atoms. The Morgan fingerprint density at radius 2 is 1.60 bits per heavy atom. The van der Waals surface area contributed by atoms with E-state index in [0.29, 0.717) is 0 Å². The summed E-state index contributed by atoms with van der Waals surface area (Å²) in [4.78, 5) is 0. The summed E-state index contributed by atoms with van der Waals surface area (Å²) < 4.78 is 4.10. The normalized spacial score (nSPS) is 9.40. The van der Waals surface area contributed by atoms with Crippen LogP contribution in [0.1, 0.15) is 11.1 Å². The Balaban J connectivity index is 3.18. The summed E-state index contributed by atoms with van der Waals surface area (Å²) in [6, 6.07) is 6.31. The number of rotatable bonds is 1. The topological polar surface area (TPSA) is 12.4 Å². The second-order valence-electron chi connectivity index (χ2n) is 2.44. The van der Waals surface area contributed by atoms with Gasteiger partial charge in [0.2, 0.25) is 0 Å². The molecule has 0 radical (unpaired) electrons. The van der Waals surface area contributed by atoms with Gasteiger partial charge in [0, 0.05) is 0 Å². The Bertz CT molecular complexity index is 235. The van der Waals surface area contributed by atoms with Crippen LogP contribution < -0.4 is 0 Å². The molecule has 10 heavy (non-hydrogen) atoms. The van der Waals surface area contributed by atoms with Crippen molar-refractivity contribution in [2.75, 3.05) is 0 Å². The van der Waals surface area contributed by atoms with Gasteiger partial charge in [0.05, 0.1) is 0 Å². The predicted octanol–water partition coefficient (Wildman–Crippen LogP) is 2.67. The zero-order valence-corrected chi connectivity index (χ0v) is 8.09. The SMILES string of the molecule is Cc1cc(C)cc([N]=[Mo])c1. The fourth-order valence-electron chi connectivity index (χ4n) is 1.00. The first-order valence-corrected chi connectivity index (χ1v) is 4.04. The molecule has 0 saturated heterocycles. The Kier molecular flexibility index (Phi) is 2.50. The first-order valence-electron chi connectivity index (χ1n) is 3.14. The molecule has 0 unspecified atom stereocenters. The molecule has 0 fully saturated rings. The summed E-state index contributed by atoms with van der Waals surface area (Å²) in [6.45, 7) is 4.17. The second kappa shape index (κ2) is 3.20. The number of nitrogens with zero attached hydrogens (tertiary/aromatic N) is 1. The number of benzene rings is 1. The predicted molar refractivity (Wildman–Crippen MR) is 38.0 cm³/mol. The van der Waals surface area contributed by atoms with Gasteiger partial charge in [-0.3, -0.25) is 0 Å². The fourth-order valence-corrected chi connectivity index (χ4v) is 1.26. The molecule has 0 heterocycles. The minimum absolute atomic E-state index is 1.07. The van der Waals surface area contributed by atoms with Crippen LogP contribution in [0.4, 0.5) is 5.69 Å². The number of hydrogen-bond acceptors (Lipinski definition) is 1. The molecule has 0 aromatic heterocycles. The van der Waals surface area contributed by atoms with E-state index in [1.165, 1.54) is 11.1 Å². The van der Waals surface area contributed by atoms with Crippen LogP contribution in [0.2, 0.25) is 0 Å². The zero-order valence-electron chi connectivity index (χ0n) is 6.09. The van der Waals surface area contributed by atoms with Crippen LogP contribution in [-0.4, -0.2) is 0 Å².